The Balaban J connectivity index is 1.98. The molecule has 0 unspecified atom stereocenters. The molecule has 12 heavy (non-hydrogen) atoms. The topological polar surface area (TPSA) is 58.9 Å². The average Bonchev–Trinajstić information content (AvgIpc) is 2.59. The van der Waals surface area contributed by atoms with Crippen LogP contribution in [0.15, 0.2) is 0 Å². The maximum atomic E-state index is 9.45. The fourth-order valence-corrected chi connectivity index (χ4v) is 1.83. The minimum absolute atomic E-state index is 0.317. The van der Waals surface area contributed by atoms with Crippen molar-refractivity contribution in [2.24, 2.45) is 0 Å². The molecule has 4 atom stereocenters. The number of hydrogen-bond donors (Lipinski definition) is 2. The molecule has 0 amide bonds. The minimum Gasteiger partial charge on any atom is -0.390 e. The van der Waals surface area contributed by atoms with Crippen LogP contribution in [0.4, 0.5) is 0 Å². The van der Waals surface area contributed by atoms with Gasteiger partial charge in [0, 0.05) is 13.2 Å². The summed E-state index contributed by atoms with van der Waals surface area (Å²) < 4.78 is 10.6. The van der Waals surface area contributed by atoms with Crippen LogP contribution in [-0.4, -0.2) is 47.8 Å². The lowest BCUT2D eigenvalue weighted by molar-refractivity contribution is -0.0856. The molecule has 4 heteroatoms. The summed E-state index contributed by atoms with van der Waals surface area (Å²) in [6.07, 6.45) is -0.274. The van der Waals surface area contributed by atoms with E-state index in [1.807, 2.05) is 0 Å². The second-order valence-electron chi connectivity index (χ2n) is 3.38. The smallest absolute Gasteiger partial charge is 0.112 e. The van der Waals surface area contributed by atoms with E-state index in [9.17, 15) is 10.2 Å². The number of aliphatic hydroxyl groups excluding tert-OH is 2. The first kappa shape index (κ1) is 8.44. The van der Waals surface area contributed by atoms with Crippen LogP contribution in [0.2, 0.25) is 0 Å². The third-order valence-electron chi connectivity index (χ3n) is 2.53. The summed E-state index contributed by atoms with van der Waals surface area (Å²) in [5, 5.41) is 18.9. The van der Waals surface area contributed by atoms with Gasteiger partial charge in [0.2, 0.25) is 0 Å². The summed E-state index contributed by atoms with van der Waals surface area (Å²) in [5.74, 6) is 0. The van der Waals surface area contributed by atoms with E-state index in [0.717, 1.165) is 0 Å². The van der Waals surface area contributed by atoms with Gasteiger partial charge in [-0.1, -0.05) is 0 Å². The fraction of sp³-hybridized carbons (Fsp3) is 1.00. The standard InChI is InChI=1S/C8H14O4/c9-5-1-3-11-7(5)8-6(10)2-4-12-8/h5-10H,1-4H2/t5-,6-,7-,8-/m1/s1. The molecule has 0 radical (unpaired) electrons. The lowest BCUT2D eigenvalue weighted by Gasteiger charge is -2.22. The zero-order chi connectivity index (χ0) is 8.55. The van der Waals surface area contributed by atoms with Gasteiger partial charge >= 0.3 is 0 Å². The molecule has 2 aliphatic rings. The highest BCUT2D eigenvalue weighted by Gasteiger charge is 2.40. The predicted molar refractivity (Wildman–Crippen MR) is 40.7 cm³/mol. The van der Waals surface area contributed by atoms with Gasteiger partial charge < -0.3 is 19.7 Å². The number of hydrogen-bond acceptors (Lipinski definition) is 4. The van der Waals surface area contributed by atoms with Crippen LogP contribution in [0.1, 0.15) is 12.8 Å². The Bertz CT molecular complexity index is 143. The molecule has 0 saturated carbocycles. The Morgan fingerprint density at radius 2 is 1.25 bits per heavy atom. The third kappa shape index (κ3) is 1.35. The molecule has 0 spiro atoms. The molecular formula is C8H14O4. The van der Waals surface area contributed by atoms with E-state index in [4.69, 9.17) is 9.47 Å². The third-order valence-corrected chi connectivity index (χ3v) is 2.53. The molecule has 2 heterocycles. The first-order valence-electron chi connectivity index (χ1n) is 4.38. The number of aliphatic hydroxyl groups is 2. The Morgan fingerprint density at radius 1 is 0.833 bits per heavy atom. The van der Waals surface area contributed by atoms with Crippen molar-refractivity contribution in [3.63, 3.8) is 0 Å². The molecule has 0 aromatic rings. The van der Waals surface area contributed by atoms with Gasteiger partial charge in [-0.05, 0) is 12.8 Å². The lowest BCUT2D eigenvalue weighted by atomic mass is 10.0. The SMILES string of the molecule is O[C@@H]1CCO[C@H]1[C@@H]1OCC[C@H]1O. The Labute approximate surface area is 71.1 Å². The predicted octanol–water partition coefficient (Wildman–Crippen LogP) is -0.714. The van der Waals surface area contributed by atoms with Crippen molar-refractivity contribution in [3.05, 3.63) is 0 Å². The summed E-state index contributed by atoms with van der Waals surface area (Å²) in [6.45, 7) is 1.14. The Kier molecular flexibility index (Phi) is 2.32. The maximum Gasteiger partial charge on any atom is 0.112 e. The second-order valence-corrected chi connectivity index (χ2v) is 3.38. The first-order valence-corrected chi connectivity index (χ1v) is 4.38. The van der Waals surface area contributed by atoms with Gasteiger partial charge in [-0.15, -0.1) is 0 Å². The van der Waals surface area contributed by atoms with Crippen molar-refractivity contribution in [2.45, 2.75) is 37.3 Å². The van der Waals surface area contributed by atoms with E-state index in [1.165, 1.54) is 0 Å². The van der Waals surface area contributed by atoms with Gasteiger partial charge in [0.15, 0.2) is 0 Å². The molecule has 2 saturated heterocycles. The van der Waals surface area contributed by atoms with Crippen LogP contribution >= 0.6 is 0 Å². The quantitative estimate of drug-likeness (QED) is 0.551. The number of rotatable bonds is 1. The van der Waals surface area contributed by atoms with Gasteiger partial charge in [-0.2, -0.15) is 0 Å². The van der Waals surface area contributed by atoms with Crippen molar-refractivity contribution in [3.8, 4) is 0 Å². The van der Waals surface area contributed by atoms with Crippen LogP contribution in [0.3, 0.4) is 0 Å². The summed E-state index contributed by atoms with van der Waals surface area (Å²) in [5.41, 5.74) is 0. The highest BCUT2D eigenvalue weighted by molar-refractivity contribution is 4.89. The van der Waals surface area contributed by atoms with Crippen molar-refractivity contribution in [1.82, 2.24) is 0 Å². The largest absolute Gasteiger partial charge is 0.390 e. The normalized spacial score (nSPS) is 48.5. The maximum absolute atomic E-state index is 9.45. The minimum atomic E-state index is -0.470. The molecule has 2 fully saturated rings. The molecule has 0 bridgehead atoms. The van der Waals surface area contributed by atoms with Crippen LogP contribution in [-0.2, 0) is 9.47 Å². The second kappa shape index (κ2) is 3.30. The summed E-state index contributed by atoms with van der Waals surface area (Å²) in [7, 11) is 0. The molecule has 70 valence electrons. The van der Waals surface area contributed by atoms with E-state index in [2.05, 4.69) is 0 Å². The van der Waals surface area contributed by atoms with Gasteiger partial charge in [0.1, 0.15) is 12.2 Å². The molecule has 0 aromatic carbocycles. The average molecular weight is 174 g/mol. The van der Waals surface area contributed by atoms with E-state index in [0.29, 0.717) is 26.1 Å². The monoisotopic (exact) mass is 174 g/mol. The highest BCUT2D eigenvalue weighted by Crippen LogP contribution is 2.25. The zero-order valence-corrected chi connectivity index (χ0v) is 6.85. The lowest BCUT2D eigenvalue weighted by Crippen LogP contribution is -2.40. The van der Waals surface area contributed by atoms with Crippen LogP contribution in [0.5, 0.6) is 0 Å². The van der Waals surface area contributed by atoms with E-state index >= 15 is 0 Å². The molecule has 0 aliphatic carbocycles. The summed E-state index contributed by atoms with van der Waals surface area (Å²) in [6, 6.07) is 0. The van der Waals surface area contributed by atoms with E-state index in [-0.39, 0.29) is 12.2 Å². The molecule has 2 aliphatic heterocycles. The van der Waals surface area contributed by atoms with Gasteiger partial charge in [-0.25, -0.2) is 0 Å². The van der Waals surface area contributed by atoms with Gasteiger partial charge in [0.05, 0.1) is 12.2 Å². The van der Waals surface area contributed by atoms with Crippen molar-refractivity contribution in [1.29, 1.82) is 0 Å². The zero-order valence-electron chi connectivity index (χ0n) is 6.85. The van der Waals surface area contributed by atoms with Gasteiger partial charge in [0.25, 0.3) is 0 Å². The molecule has 2 rings (SSSR count). The summed E-state index contributed by atoms with van der Waals surface area (Å²) in [4.78, 5) is 0. The van der Waals surface area contributed by atoms with Crippen LogP contribution < -0.4 is 0 Å². The summed E-state index contributed by atoms with van der Waals surface area (Å²) >= 11 is 0. The highest BCUT2D eigenvalue weighted by atomic mass is 16.6. The van der Waals surface area contributed by atoms with Gasteiger partial charge in [-0.3, -0.25) is 0 Å². The molecule has 4 nitrogen and oxygen atoms in total. The number of ether oxygens (including phenoxy) is 2. The van der Waals surface area contributed by atoms with E-state index in [1.54, 1.807) is 0 Å². The van der Waals surface area contributed by atoms with E-state index < -0.39 is 12.2 Å². The van der Waals surface area contributed by atoms with Crippen molar-refractivity contribution >= 4 is 0 Å². The Hall–Kier alpha value is -0.160. The first-order chi connectivity index (χ1) is 5.79. The van der Waals surface area contributed by atoms with Crippen molar-refractivity contribution in [2.75, 3.05) is 13.2 Å². The molecule has 0 aromatic heterocycles. The molecular weight excluding hydrogens is 160 g/mol. The van der Waals surface area contributed by atoms with Crippen LogP contribution in [0, 0.1) is 0 Å². The van der Waals surface area contributed by atoms with Crippen molar-refractivity contribution < 1.29 is 19.7 Å². The Morgan fingerprint density at radius 3 is 1.50 bits per heavy atom. The molecule has 2 N–H and O–H groups in total. The van der Waals surface area contributed by atoms with Crippen LogP contribution in [0.25, 0.3) is 0 Å². The fourth-order valence-electron chi connectivity index (χ4n) is 1.83.